The molecule has 2 rings (SSSR count). The molecule has 1 amide bonds. The molecule has 3 nitrogen and oxygen atoms in total. The van der Waals surface area contributed by atoms with Crippen LogP contribution in [0.3, 0.4) is 0 Å². The number of amides is 1. The van der Waals surface area contributed by atoms with Crippen LogP contribution in [0.15, 0.2) is 18.2 Å². The lowest BCUT2D eigenvalue weighted by Gasteiger charge is -2.21. The summed E-state index contributed by atoms with van der Waals surface area (Å²) in [5, 5.41) is 9.17. The van der Waals surface area contributed by atoms with Gasteiger partial charge in [-0.15, -0.1) is 0 Å². The first kappa shape index (κ1) is 14.9. The summed E-state index contributed by atoms with van der Waals surface area (Å²) in [6.07, 6.45) is 2.54. The highest BCUT2D eigenvalue weighted by atomic mass is 35.5. The molecule has 1 saturated heterocycles. The van der Waals surface area contributed by atoms with Crippen LogP contribution in [0.25, 0.3) is 0 Å². The van der Waals surface area contributed by atoms with E-state index in [-0.39, 0.29) is 12.5 Å². The predicted molar refractivity (Wildman–Crippen MR) is 79.8 cm³/mol. The normalized spacial score (nSPS) is 17.8. The van der Waals surface area contributed by atoms with Gasteiger partial charge in [-0.25, -0.2) is 0 Å². The fourth-order valence-electron chi connectivity index (χ4n) is 2.36. The summed E-state index contributed by atoms with van der Waals surface area (Å²) in [7, 11) is 0. The van der Waals surface area contributed by atoms with Gasteiger partial charge in [-0.1, -0.05) is 23.4 Å². The van der Waals surface area contributed by atoms with Gasteiger partial charge in [-0.3, -0.25) is 4.79 Å². The fourth-order valence-corrected chi connectivity index (χ4v) is 2.59. The smallest absolute Gasteiger partial charge is 0.254 e. The van der Waals surface area contributed by atoms with E-state index in [0.717, 1.165) is 19.4 Å². The molecule has 106 valence electrons. The van der Waals surface area contributed by atoms with Gasteiger partial charge >= 0.3 is 0 Å². The Bertz CT molecular complexity index is 559. The van der Waals surface area contributed by atoms with Gasteiger partial charge in [-0.2, -0.15) is 0 Å². The molecule has 0 saturated carbocycles. The van der Waals surface area contributed by atoms with Crippen molar-refractivity contribution in [3.63, 3.8) is 0 Å². The molecule has 4 heteroatoms. The minimum Gasteiger partial charge on any atom is -0.395 e. The molecule has 20 heavy (non-hydrogen) atoms. The predicted octanol–water partition coefficient (Wildman–Crippen LogP) is 2.70. The van der Waals surface area contributed by atoms with E-state index in [4.69, 9.17) is 16.7 Å². The number of rotatable bonds is 2. The second-order valence-corrected chi connectivity index (χ2v) is 5.37. The van der Waals surface area contributed by atoms with Crippen LogP contribution in [-0.4, -0.2) is 35.1 Å². The minimum atomic E-state index is 0.0340. The summed E-state index contributed by atoms with van der Waals surface area (Å²) >= 11 is 6.16. The van der Waals surface area contributed by atoms with Crippen LogP contribution in [0.4, 0.5) is 0 Å². The van der Waals surface area contributed by atoms with Gasteiger partial charge in [-0.05, 0) is 38.0 Å². The van der Waals surface area contributed by atoms with Crippen molar-refractivity contribution < 1.29 is 9.90 Å². The van der Waals surface area contributed by atoms with Gasteiger partial charge in [0.05, 0.1) is 11.6 Å². The second kappa shape index (κ2) is 6.78. The molecule has 0 bridgehead atoms. The molecular weight excluding hydrogens is 274 g/mol. The summed E-state index contributed by atoms with van der Waals surface area (Å²) < 4.78 is 0. The van der Waals surface area contributed by atoms with E-state index >= 15 is 0 Å². The Morgan fingerprint density at radius 2 is 2.35 bits per heavy atom. The monoisotopic (exact) mass is 291 g/mol. The van der Waals surface area contributed by atoms with E-state index in [0.29, 0.717) is 28.6 Å². The molecule has 1 aliphatic rings. The van der Waals surface area contributed by atoms with E-state index in [2.05, 4.69) is 18.8 Å². The van der Waals surface area contributed by atoms with Crippen LogP contribution in [-0.2, 0) is 0 Å². The number of aliphatic hydroxyl groups is 1. The van der Waals surface area contributed by atoms with Crippen LogP contribution in [0.5, 0.6) is 0 Å². The average Bonchev–Trinajstić information content (AvgIpc) is 2.86. The molecule has 0 radical (unpaired) electrons. The van der Waals surface area contributed by atoms with Crippen LogP contribution in [0.1, 0.15) is 42.1 Å². The number of benzene rings is 1. The SMILES string of the molecule is CC1CCCN1C(=O)c1ccc(C#CCCO)c(Cl)c1. The van der Waals surface area contributed by atoms with Crippen molar-refractivity contribution in [1.29, 1.82) is 0 Å². The van der Waals surface area contributed by atoms with Crippen molar-refractivity contribution in [1.82, 2.24) is 4.90 Å². The maximum absolute atomic E-state index is 12.4. The number of hydrogen-bond donors (Lipinski definition) is 1. The summed E-state index contributed by atoms with van der Waals surface area (Å²) in [5.41, 5.74) is 1.29. The van der Waals surface area contributed by atoms with Crippen molar-refractivity contribution >= 4 is 17.5 Å². The Hall–Kier alpha value is -1.50. The van der Waals surface area contributed by atoms with Gasteiger partial charge in [0.1, 0.15) is 0 Å². The molecule has 1 unspecified atom stereocenters. The highest BCUT2D eigenvalue weighted by Crippen LogP contribution is 2.22. The summed E-state index contributed by atoms with van der Waals surface area (Å²) in [6.45, 7) is 2.92. The number of halogens is 1. The Morgan fingerprint density at radius 1 is 1.55 bits per heavy atom. The third-order valence-corrected chi connectivity index (χ3v) is 3.80. The maximum atomic E-state index is 12.4. The summed E-state index contributed by atoms with van der Waals surface area (Å²) in [4.78, 5) is 14.3. The molecule has 1 aromatic carbocycles. The van der Waals surface area contributed by atoms with Gasteiger partial charge in [0.2, 0.25) is 0 Å². The number of hydrogen-bond acceptors (Lipinski definition) is 2. The zero-order valence-electron chi connectivity index (χ0n) is 11.5. The molecule has 1 N–H and O–H groups in total. The van der Waals surface area contributed by atoms with Crippen molar-refractivity contribution in [2.45, 2.75) is 32.2 Å². The van der Waals surface area contributed by atoms with E-state index in [1.165, 1.54) is 0 Å². The lowest BCUT2D eigenvalue weighted by atomic mass is 10.1. The number of likely N-dealkylation sites (tertiary alicyclic amines) is 1. The lowest BCUT2D eigenvalue weighted by molar-refractivity contribution is 0.0747. The van der Waals surface area contributed by atoms with Crippen molar-refractivity contribution in [3.05, 3.63) is 34.3 Å². The van der Waals surface area contributed by atoms with Gasteiger partial charge in [0, 0.05) is 30.1 Å². The highest BCUT2D eigenvalue weighted by molar-refractivity contribution is 6.32. The zero-order valence-corrected chi connectivity index (χ0v) is 12.3. The Morgan fingerprint density at radius 3 is 2.95 bits per heavy atom. The quantitative estimate of drug-likeness (QED) is 0.851. The maximum Gasteiger partial charge on any atom is 0.254 e. The Labute approximate surface area is 124 Å². The first-order valence-corrected chi connectivity index (χ1v) is 7.21. The van der Waals surface area contributed by atoms with Crippen LogP contribution >= 0.6 is 11.6 Å². The lowest BCUT2D eigenvalue weighted by Crippen LogP contribution is -2.33. The molecule has 1 aromatic rings. The molecule has 1 atom stereocenters. The summed E-state index contributed by atoms with van der Waals surface area (Å²) in [5.74, 6) is 5.75. The van der Waals surface area contributed by atoms with Gasteiger partial charge < -0.3 is 10.0 Å². The number of carbonyl (C=O) groups excluding carboxylic acids is 1. The van der Waals surface area contributed by atoms with Gasteiger partial charge in [0.15, 0.2) is 0 Å². The van der Waals surface area contributed by atoms with Crippen molar-refractivity contribution in [2.75, 3.05) is 13.2 Å². The Kier molecular flexibility index (Phi) is 5.05. The van der Waals surface area contributed by atoms with Crippen LogP contribution in [0, 0.1) is 11.8 Å². The topological polar surface area (TPSA) is 40.5 Å². The van der Waals surface area contributed by atoms with E-state index in [9.17, 15) is 4.79 Å². The second-order valence-electron chi connectivity index (χ2n) is 4.96. The van der Waals surface area contributed by atoms with E-state index in [1.54, 1.807) is 18.2 Å². The molecule has 0 aliphatic carbocycles. The van der Waals surface area contributed by atoms with Crippen LogP contribution in [0.2, 0.25) is 5.02 Å². The number of aliphatic hydroxyl groups excluding tert-OH is 1. The molecule has 1 fully saturated rings. The third-order valence-electron chi connectivity index (χ3n) is 3.49. The molecule has 1 aliphatic heterocycles. The number of carbonyl (C=O) groups is 1. The van der Waals surface area contributed by atoms with Crippen molar-refractivity contribution in [3.8, 4) is 11.8 Å². The minimum absolute atomic E-state index is 0.0340. The van der Waals surface area contributed by atoms with Crippen LogP contribution < -0.4 is 0 Å². The van der Waals surface area contributed by atoms with E-state index < -0.39 is 0 Å². The average molecular weight is 292 g/mol. The fraction of sp³-hybridized carbons (Fsp3) is 0.438. The molecule has 1 heterocycles. The third kappa shape index (κ3) is 3.33. The standard InChI is InChI=1S/C16H18ClNO2/c1-12-5-4-9-18(12)16(20)14-8-7-13(15(17)11-14)6-2-3-10-19/h7-8,11-12,19H,3-5,9-10H2,1H3. The van der Waals surface area contributed by atoms with Gasteiger partial charge in [0.25, 0.3) is 5.91 Å². The van der Waals surface area contributed by atoms with E-state index in [1.807, 2.05) is 4.90 Å². The number of nitrogens with zero attached hydrogens (tertiary/aromatic N) is 1. The summed E-state index contributed by atoms with van der Waals surface area (Å²) in [6, 6.07) is 5.51. The largest absolute Gasteiger partial charge is 0.395 e. The Balaban J connectivity index is 2.17. The molecule has 0 aromatic heterocycles. The first-order valence-electron chi connectivity index (χ1n) is 6.83. The highest BCUT2D eigenvalue weighted by Gasteiger charge is 2.26. The first-order chi connectivity index (χ1) is 9.63. The van der Waals surface area contributed by atoms with Crippen molar-refractivity contribution in [2.24, 2.45) is 0 Å². The zero-order chi connectivity index (χ0) is 14.5. The molecular formula is C16H18ClNO2. The molecule has 0 spiro atoms.